The summed E-state index contributed by atoms with van der Waals surface area (Å²) < 4.78 is 12.9. The molecule has 1 atom stereocenters. The van der Waals surface area contributed by atoms with E-state index in [-0.39, 0.29) is 29.1 Å². The summed E-state index contributed by atoms with van der Waals surface area (Å²) in [5.74, 6) is -0.620. The van der Waals surface area contributed by atoms with Crippen molar-refractivity contribution in [2.45, 2.75) is 45.7 Å². The van der Waals surface area contributed by atoms with Gasteiger partial charge in [-0.05, 0) is 42.5 Å². The van der Waals surface area contributed by atoms with E-state index in [1.54, 1.807) is 4.90 Å². The molecule has 3 N–H and O–H groups in total. The number of amides is 2. The zero-order valence-corrected chi connectivity index (χ0v) is 14.5. The molecule has 1 aliphatic heterocycles. The number of halogens is 1. The van der Waals surface area contributed by atoms with E-state index in [1.807, 2.05) is 20.8 Å². The van der Waals surface area contributed by atoms with Gasteiger partial charge >= 0.3 is 0 Å². The summed E-state index contributed by atoms with van der Waals surface area (Å²) in [6.07, 6.45) is 1.38. The van der Waals surface area contributed by atoms with Gasteiger partial charge in [0.15, 0.2) is 0 Å². The molecule has 1 saturated heterocycles. The minimum Gasteiger partial charge on any atom is -0.349 e. The van der Waals surface area contributed by atoms with Crippen molar-refractivity contribution in [2.24, 2.45) is 11.1 Å². The normalized spacial score (nSPS) is 17.5. The van der Waals surface area contributed by atoms with E-state index in [1.165, 1.54) is 24.3 Å². The van der Waals surface area contributed by atoms with Crippen molar-refractivity contribution in [3.8, 4) is 0 Å². The van der Waals surface area contributed by atoms with Crippen molar-refractivity contribution >= 4 is 11.8 Å². The van der Waals surface area contributed by atoms with Crippen LogP contribution in [0.3, 0.4) is 0 Å². The second-order valence-electron chi connectivity index (χ2n) is 7.42. The van der Waals surface area contributed by atoms with E-state index in [0.29, 0.717) is 31.5 Å². The monoisotopic (exact) mass is 335 g/mol. The highest BCUT2D eigenvalue weighted by Gasteiger charge is 2.33. The van der Waals surface area contributed by atoms with Crippen molar-refractivity contribution in [3.05, 3.63) is 35.6 Å². The maximum absolute atomic E-state index is 12.9. The van der Waals surface area contributed by atoms with E-state index >= 15 is 0 Å². The molecule has 0 saturated carbocycles. The van der Waals surface area contributed by atoms with Crippen LogP contribution in [-0.2, 0) is 4.79 Å². The predicted molar refractivity (Wildman–Crippen MR) is 90.9 cm³/mol. The molecule has 0 radical (unpaired) electrons. The first-order valence-electron chi connectivity index (χ1n) is 8.29. The van der Waals surface area contributed by atoms with Crippen LogP contribution in [0.5, 0.6) is 0 Å². The topological polar surface area (TPSA) is 75.4 Å². The maximum atomic E-state index is 12.9. The van der Waals surface area contributed by atoms with Gasteiger partial charge in [0.25, 0.3) is 5.91 Å². The van der Waals surface area contributed by atoms with E-state index in [0.717, 1.165) is 0 Å². The Morgan fingerprint density at radius 2 is 1.75 bits per heavy atom. The van der Waals surface area contributed by atoms with Crippen molar-refractivity contribution in [2.75, 3.05) is 13.1 Å². The highest BCUT2D eigenvalue weighted by Crippen LogP contribution is 2.21. The smallest absolute Gasteiger partial charge is 0.251 e. The molecule has 1 aliphatic rings. The lowest BCUT2D eigenvalue weighted by Gasteiger charge is -2.36. The van der Waals surface area contributed by atoms with Crippen LogP contribution in [0.1, 0.15) is 44.0 Å². The Hall–Kier alpha value is -1.95. The van der Waals surface area contributed by atoms with Crippen molar-refractivity contribution in [3.63, 3.8) is 0 Å². The number of likely N-dealkylation sites (tertiary alicyclic amines) is 1. The van der Waals surface area contributed by atoms with Gasteiger partial charge in [-0.2, -0.15) is 0 Å². The van der Waals surface area contributed by atoms with Crippen molar-refractivity contribution < 1.29 is 14.0 Å². The first-order valence-corrected chi connectivity index (χ1v) is 8.29. The fourth-order valence-electron chi connectivity index (χ4n) is 2.68. The number of nitrogens with one attached hydrogen (secondary N) is 1. The van der Waals surface area contributed by atoms with Crippen LogP contribution < -0.4 is 11.1 Å². The van der Waals surface area contributed by atoms with Gasteiger partial charge in [-0.15, -0.1) is 0 Å². The third kappa shape index (κ3) is 4.54. The molecule has 0 bridgehead atoms. The van der Waals surface area contributed by atoms with Crippen LogP contribution in [0, 0.1) is 11.2 Å². The largest absolute Gasteiger partial charge is 0.349 e. The molecule has 1 fully saturated rings. The number of hydrogen-bond acceptors (Lipinski definition) is 3. The fraction of sp³-hybridized carbons (Fsp3) is 0.556. The Balaban J connectivity index is 1.85. The molecular weight excluding hydrogens is 309 g/mol. The van der Waals surface area contributed by atoms with Crippen molar-refractivity contribution in [1.29, 1.82) is 0 Å². The molecular formula is C18H26FN3O2. The third-order valence-corrected chi connectivity index (χ3v) is 4.45. The zero-order valence-electron chi connectivity index (χ0n) is 14.5. The van der Waals surface area contributed by atoms with Crippen LogP contribution >= 0.6 is 0 Å². The van der Waals surface area contributed by atoms with Crippen LogP contribution in [0.4, 0.5) is 4.39 Å². The molecule has 2 rings (SSSR count). The minimum absolute atomic E-state index is 0.0115. The number of hydrogen-bond donors (Lipinski definition) is 2. The van der Waals surface area contributed by atoms with Gasteiger partial charge in [-0.3, -0.25) is 9.59 Å². The Kier molecular flexibility index (Phi) is 5.59. The minimum atomic E-state index is -0.525. The summed E-state index contributed by atoms with van der Waals surface area (Å²) in [7, 11) is 0. The van der Waals surface area contributed by atoms with E-state index in [9.17, 15) is 14.0 Å². The molecule has 2 amide bonds. The Morgan fingerprint density at radius 1 is 1.21 bits per heavy atom. The molecule has 1 aromatic rings. The molecule has 24 heavy (non-hydrogen) atoms. The Labute approximate surface area is 142 Å². The summed E-state index contributed by atoms with van der Waals surface area (Å²) >= 11 is 0. The highest BCUT2D eigenvalue weighted by molar-refractivity contribution is 5.94. The van der Waals surface area contributed by atoms with Crippen LogP contribution in [0.15, 0.2) is 24.3 Å². The Bertz CT molecular complexity index is 587. The molecule has 0 aliphatic carbocycles. The number of carbonyl (C=O) groups is 2. The van der Waals surface area contributed by atoms with Crippen molar-refractivity contribution in [1.82, 2.24) is 10.2 Å². The van der Waals surface area contributed by atoms with Gasteiger partial charge < -0.3 is 16.0 Å². The van der Waals surface area contributed by atoms with Gasteiger partial charge in [-0.1, -0.05) is 20.8 Å². The molecule has 0 unspecified atom stereocenters. The van der Waals surface area contributed by atoms with E-state index in [2.05, 4.69) is 5.32 Å². The van der Waals surface area contributed by atoms with Gasteiger partial charge in [0.2, 0.25) is 5.91 Å². The summed E-state index contributed by atoms with van der Waals surface area (Å²) in [5, 5.41) is 2.94. The standard InChI is InChI=1S/C18H26FN3O2/c1-18(2,3)15(20)17(24)22-10-8-14(9-11-22)21-16(23)12-4-6-13(19)7-5-12/h4-7,14-15H,8-11,20H2,1-3H3,(H,21,23)/t15-/m1/s1. The van der Waals surface area contributed by atoms with Gasteiger partial charge in [0.05, 0.1) is 6.04 Å². The Morgan fingerprint density at radius 3 is 2.25 bits per heavy atom. The van der Waals surface area contributed by atoms with E-state index in [4.69, 9.17) is 5.73 Å². The lowest BCUT2D eigenvalue weighted by Crippen LogP contribution is -2.54. The van der Waals surface area contributed by atoms with Gasteiger partial charge in [0.1, 0.15) is 5.82 Å². The fourth-order valence-corrected chi connectivity index (χ4v) is 2.68. The first kappa shape index (κ1) is 18.4. The highest BCUT2D eigenvalue weighted by atomic mass is 19.1. The number of nitrogens with zero attached hydrogens (tertiary/aromatic N) is 1. The molecule has 132 valence electrons. The summed E-state index contributed by atoms with van der Waals surface area (Å²) in [5.41, 5.74) is 6.20. The molecule has 6 heteroatoms. The number of nitrogens with two attached hydrogens (primary N) is 1. The maximum Gasteiger partial charge on any atom is 0.251 e. The molecule has 0 aromatic heterocycles. The van der Waals surface area contributed by atoms with Crippen LogP contribution in [0.25, 0.3) is 0 Å². The lowest BCUT2D eigenvalue weighted by atomic mass is 9.86. The van der Waals surface area contributed by atoms with Gasteiger partial charge in [-0.25, -0.2) is 4.39 Å². The second-order valence-corrected chi connectivity index (χ2v) is 7.42. The van der Waals surface area contributed by atoms with Crippen LogP contribution in [-0.4, -0.2) is 41.9 Å². The quantitative estimate of drug-likeness (QED) is 0.886. The number of rotatable bonds is 3. The molecule has 5 nitrogen and oxygen atoms in total. The zero-order chi connectivity index (χ0) is 17.9. The number of benzene rings is 1. The SMILES string of the molecule is CC(C)(C)[C@H](N)C(=O)N1CCC(NC(=O)c2ccc(F)cc2)CC1. The molecule has 0 spiro atoms. The number of carbonyl (C=O) groups excluding carboxylic acids is 2. The third-order valence-electron chi connectivity index (χ3n) is 4.45. The average molecular weight is 335 g/mol. The predicted octanol–water partition coefficient (Wildman–Crippen LogP) is 1.92. The number of piperidine rings is 1. The van der Waals surface area contributed by atoms with E-state index < -0.39 is 6.04 Å². The van der Waals surface area contributed by atoms with Gasteiger partial charge in [0, 0.05) is 24.7 Å². The molecule has 1 aromatic carbocycles. The summed E-state index contributed by atoms with van der Waals surface area (Å²) in [6, 6.07) is 4.95. The summed E-state index contributed by atoms with van der Waals surface area (Å²) in [6.45, 7) is 7.01. The summed E-state index contributed by atoms with van der Waals surface area (Å²) in [4.78, 5) is 26.3. The second kappa shape index (κ2) is 7.30. The average Bonchev–Trinajstić information content (AvgIpc) is 2.54. The van der Waals surface area contributed by atoms with Crippen LogP contribution in [0.2, 0.25) is 0 Å². The first-order chi connectivity index (χ1) is 11.2. The lowest BCUT2D eigenvalue weighted by molar-refractivity contribution is -0.136. The molecule has 1 heterocycles.